The van der Waals surface area contributed by atoms with E-state index in [1.807, 2.05) is 32.3 Å². The van der Waals surface area contributed by atoms with Gasteiger partial charge in [0.2, 0.25) is 0 Å². The Morgan fingerprint density at radius 3 is 2.45 bits per heavy atom. The fraction of sp³-hybridized carbons (Fsp3) is 0.533. The lowest BCUT2D eigenvalue weighted by Crippen LogP contribution is -2.38. The Bertz CT molecular complexity index is 484. The molecule has 0 unspecified atom stereocenters. The molecule has 0 amide bonds. The second kappa shape index (κ2) is 8.63. The largest absolute Gasteiger partial charge is 0.390 e. The molecule has 0 bridgehead atoms. The molecule has 4 nitrogen and oxygen atoms in total. The highest BCUT2D eigenvalue weighted by Crippen LogP contribution is 2.18. The minimum atomic E-state index is -4.16. The van der Waals surface area contributed by atoms with Gasteiger partial charge in [0, 0.05) is 26.7 Å². The van der Waals surface area contributed by atoms with Crippen LogP contribution >= 0.6 is 0 Å². The van der Waals surface area contributed by atoms with E-state index in [0.29, 0.717) is 12.5 Å². The molecule has 0 aromatic heterocycles. The smallest absolute Gasteiger partial charge is 0.356 e. The van der Waals surface area contributed by atoms with Crippen molar-refractivity contribution in [3.63, 3.8) is 0 Å². The van der Waals surface area contributed by atoms with E-state index in [1.54, 1.807) is 0 Å². The maximum Gasteiger partial charge on any atom is 0.390 e. The molecule has 0 spiro atoms. The monoisotopic (exact) mass is 316 g/mol. The first kappa shape index (κ1) is 18.3. The van der Waals surface area contributed by atoms with Crippen LogP contribution in [-0.2, 0) is 13.1 Å². The van der Waals surface area contributed by atoms with Crippen LogP contribution in [0, 0.1) is 0 Å². The summed E-state index contributed by atoms with van der Waals surface area (Å²) in [4.78, 5) is 5.99. The summed E-state index contributed by atoms with van der Waals surface area (Å²) in [6.07, 6.45) is -5.04. The number of halogens is 3. The molecule has 22 heavy (non-hydrogen) atoms. The normalized spacial score (nSPS) is 12.6. The summed E-state index contributed by atoms with van der Waals surface area (Å²) < 4.78 is 36.3. The van der Waals surface area contributed by atoms with Gasteiger partial charge in [-0.15, -0.1) is 0 Å². The minimum Gasteiger partial charge on any atom is -0.356 e. The maximum absolute atomic E-state index is 12.1. The zero-order valence-corrected chi connectivity index (χ0v) is 13.2. The van der Waals surface area contributed by atoms with E-state index in [4.69, 9.17) is 0 Å². The van der Waals surface area contributed by atoms with Gasteiger partial charge in [0.1, 0.15) is 0 Å². The Morgan fingerprint density at radius 2 is 1.86 bits per heavy atom. The molecule has 2 N–H and O–H groups in total. The molecule has 1 aromatic carbocycles. The molecule has 0 aliphatic carbocycles. The third-order valence-electron chi connectivity index (χ3n) is 2.87. The molecule has 0 fully saturated rings. The predicted octanol–water partition coefficient (Wildman–Crippen LogP) is 2.37. The third-order valence-corrected chi connectivity index (χ3v) is 2.87. The van der Waals surface area contributed by atoms with Gasteiger partial charge in [0.05, 0.1) is 6.42 Å². The molecular weight excluding hydrogens is 293 g/mol. The highest BCUT2D eigenvalue weighted by atomic mass is 19.4. The Balaban J connectivity index is 2.46. The van der Waals surface area contributed by atoms with Crippen molar-refractivity contribution < 1.29 is 13.2 Å². The van der Waals surface area contributed by atoms with Gasteiger partial charge in [-0.05, 0) is 25.2 Å². The average molecular weight is 316 g/mol. The summed E-state index contributed by atoms with van der Waals surface area (Å²) in [7, 11) is 5.53. The topological polar surface area (TPSA) is 39.7 Å². The van der Waals surface area contributed by atoms with Crippen LogP contribution in [0.2, 0.25) is 0 Å². The number of nitrogens with one attached hydrogen (secondary N) is 2. The Hall–Kier alpha value is -1.76. The molecule has 1 rings (SSSR count). The summed E-state index contributed by atoms with van der Waals surface area (Å²) >= 11 is 0. The van der Waals surface area contributed by atoms with Gasteiger partial charge in [0.25, 0.3) is 0 Å². The Kier molecular flexibility index (Phi) is 7.17. The summed E-state index contributed by atoms with van der Waals surface area (Å²) in [6.45, 7) is 1.16. The summed E-state index contributed by atoms with van der Waals surface area (Å²) in [5.74, 6) is 0.363. The quantitative estimate of drug-likeness (QED) is 0.625. The standard InChI is InChI=1S/C15H23F3N4/c1-19-14(20-8-7-15(16,17)18)21-10-12-5-4-6-13(9-12)11-22(2)3/h4-6,9H,7-8,10-11H2,1-3H3,(H2,19,20,21). The fourth-order valence-electron chi connectivity index (χ4n) is 1.93. The van der Waals surface area contributed by atoms with E-state index in [2.05, 4.69) is 26.6 Å². The van der Waals surface area contributed by atoms with Gasteiger partial charge in [0.15, 0.2) is 5.96 Å². The first-order valence-electron chi connectivity index (χ1n) is 7.04. The Morgan fingerprint density at radius 1 is 1.18 bits per heavy atom. The van der Waals surface area contributed by atoms with Crippen molar-refractivity contribution in [2.24, 2.45) is 4.99 Å². The van der Waals surface area contributed by atoms with Crippen LogP contribution in [0.3, 0.4) is 0 Å². The number of hydrogen-bond acceptors (Lipinski definition) is 2. The number of benzene rings is 1. The van der Waals surface area contributed by atoms with E-state index in [-0.39, 0.29) is 6.54 Å². The summed E-state index contributed by atoms with van der Waals surface area (Å²) in [5.41, 5.74) is 2.24. The van der Waals surface area contributed by atoms with Crippen LogP contribution in [0.1, 0.15) is 17.5 Å². The zero-order chi connectivity index (χ0) is 16.6. The van der Waals surface area contributed by atoms with Gasteiger partial charge in [-0.2, -0.15) is 13.2 Å². The molecule has 124 valence electrons. The van der Waals surface area contributed by atoms with Crippen molar-refractivity contribution >= 4 is 5.96 Å². The van der Waals surface area contributed by atoms with Gasteiger partial charge < -0.3 is 15.5 Å². The highest BCUT2D eigenvalue weighted by molar-refractivity contribution is 5.79. The number of hydrogen-bond donors (Lipinski definition) is 2. The van der Waals surface area contributed by atoms with Crippen LogP contribution in [0.4, 0.5) is 13.2 Å². The lowest BCUT2D eigenvalue weighted by Gasteiger charge is -2.14. The van der Waals surface area contributed by atoms with Crippen molar-refractivity contribution in [1.29, 1.82) is 0 Å². The molecule has 0 atom stereocenters. The zero-order valence-electron chi connectivity index (χ0n) is 13.2. The second-order valence-corrected chi connectivity index (χ2v) is 5.28. The summed E-state index contributed by atoms with van der Waals surface area (Å²) in [5, 5.41) is 5.66. The average Bonchev–Trinajstić information content (AvgIpc) is 2.41. The third kappa shape index (κ3) is 7.87. The van der Waals surface area contributed by atoms with E-state index in [0.717, 1.165) is 12.1 Å². The van der Waals surface area contributed by atoms with Crippen LogP contribution in [-0.4, -0.2) is 44.7 Å². The molecule has 1 aromatic rings. The minimum absolute atomic E-state index is 0.191. The van der Waals surface area contributed by atoms with Crippen LogP contribution in [0.25, 0.3) is 0 Å². The van der Waals surface area contributed by atoms with Gasteiger partial charge in [-0.1, -0.05) is 24.3 Å². The van der Waals surface area contributed by atoms with Crippen molar-refractivity contribution in [2.75, 3.05) is 27.7 Å². The van der Waals surface area contributed by atoms with Crippen molar-refractivity contribution in [2.45, 2.75) is 25.7 Å². The van der Waals surface area contributed by atoms with E-state index >= 15 is 0 Å². The van der Waals surface area contributed by atoms with Crippen LogP contribution in [0.5, 0.6) is 0 Å². The fourth-order valence-corrected chi connectivity index (χ4v) is 1.93. The predicted molar refractivity (Wildman–Crippen MR) is 82.7 cm³/mol. The Labute approximate surface area is 129 Å². The number of aliphatic imine (C=N–C) groups is 1. The highest BCUT2D eigenvalue weighted by Gasteiger charge is 2.26. The van der Waals surface area contributed by atoms with Gasteiger partial charge in [-0.3, -0.25) is 4.99 Å². The first-order valence-corrected chi connectivity index (χ1v) is 7.04. The molecule has 0 aliphatic heterocycles. The lowest BCUT2D eigenvalue weighted by molar-refractivity contribution is -0.132. The molecule has 0 saturated carbocycles. The van der Waals surface area contributed by atoms with Crippen molar-refractivity contribution in [1.82, 2.24) is 15.5 Å². The molecule has 7 heteroatoms. The molecule has 0 saturated heterocycles. The molecule has 0 aliphatic rings. The molecule has 0 heterocycles. The van der Waals surface area contributed by atoms with Gasteiger partial charge >= 0.3 is 6.18 Å². The molecular formula is C15H23F3N4. The second-order valence-electron chi connectivity index (χ2n) is 5.28. The SMILES string of the molecule is CN=C(NCCC(F)(F)F)NCc1cccc(CN(C)C)c1. The van der Waals surface area contributed by atoms with Crippen LogP contribution < -0.4 is 10.6 Å². The van der Waals surface area contributed by atoms with Crippen molar-refractivity contribution in [3.8, 4) is 0 Å². The number of nitrogens with zero attached hydrogens (tertiary/aromatic N) is 2. The summed E-state index contributed by atoms with van der Waals surface area (Å²) in [6, 6.07) is 8.04. The number of guanidine groups is 1. The van der Waals surface area contributed by atoms with E-state index in [9.17, 15) is 13.2 Å². The number of alkyl halides is 3. The van der Waals surface area contributed by atoms with E-state index < -0.39 is 12.6 Å². The maximum atomic E-state index is 12.1. The number of rotatable bonds is 6. The van der Waals surface area contributed by atoms with Gasteiger partial charge in [-0.25, -0.2) is 0 Å². The van der Waals surface area contributed by atoms with Crippen molar-refractivity contribution in [3.05, 3.63) is 35.4 Å². The van der Waals surface area contributed by atoms with Crippen LogP contribution in [0.15, 0.2) is 29.3 Å². The van der Waals surface area contributed by atoms with E-state index in [1.165, 1.54) is 12.6 Å². The lowest BCUT2D eigenvalue weighted by atomic mass is 10.1. The first-order chi connectivity index (χ1) is 10.3. The molecule has 0 radical (unpaired) electrons.